The first-order valence-corrected chi connectivity index (χ1v) is 5.64. The van der Waals surface area contributed by atoms with Crippen LogP contribution in [0.4, 0.5) is 4.39 Å². The molecule has 0 amide bonds. The van der Waals surface area contributed by atoms with Gasteiger partial charge in [0.2, 0.25) is 0 Å². The van der Waals surface area contributed by atoms with Gasteiger partial charge in [-0.1, -0.05) is 42.0 Å². The minimum atomic E-state index is -0.464. The maximum atomic E-state index is 13.3. The number of halogens is 1. The Balaban J connectivity index is 2.01. The van der Waals surface area contributed by atoms with E-state index in [1.807, 2.05) is 19.1 Å². The number of hydrogen-bond acceptors (Lipinski definition) is 2. The third kappa shape index (κ3) is 2.94. The average Bonchev–Trinajstić information content (AvgIpc) is 2.38. The molecule has 0 saturated heterocycles. The van der Waals surface area contributed by atoms with Gasteiger partial charge in [-0.25, -0.2) is 4.39 Å². The van der Waals surface area contributed by atoms with Gasteiger partial charge in [0.05, 0.1) is 0 Å². The number of hydrogen-bond donors (Lipinski definition) is 0. The van der Waals surface area contributed by atoms with Gasteiger partial charge in [0.1, 0.15) is 0 Å². The van der Waals surface area contributed by atoms with E-state index in [9.17, 15) is 9.18 Å². The second-order valence-corrected chi connectivity index (χ2v) is 4.01. The van der Waals surface area contributed by atoms with Crippen LogP contribution in [0.5, 0.6) is 5.75 Å². The number of Topliss-reactive ketones (excluding diaryl/α,β-unsaturated/α-hetero) is 1. The molecule has 0 aromatic heterocycles. The molecule has 18 heavy (non-hydrogen) atoms. The summed E-state index contributed by atoms with van der Waals surface area (Å²) < 4.78 is 18.4. The van der Waals surface area contributed by atoms with E-state index >= 15 is 0 Å². The van der Waals surface area contributed by atoms with E-state index in [0.717, 1.165) is 5.56 Å². The topological polar surface area (TPSA) is 26.3 Å². The third-order valence-electron chi connectivity index (χ3n) is 2.57. The zero-order valence-electron chi connectivity index (χ0n) is 10.0. The first-order chi connectivity index (χ1) is 8.66. The smallest absolute Gasteiger partial charge is 0.200 e. The largest absolute Gasteiger partial charge is 0.482 e. The van der Waals surface area contributed by atoms with Crippen molar-refractivity contribution in [3.05, 3.63) is 65.5 Å². The molecule has 2 rings (SSSR count). The zero-order valence-corrected chi connectivity index (χ0v) is 10.0. The predicted molar refractivity (Wildman–Crippen MR) is 67.4 cm³/mol. The first kappa shape index (κ1) is 12.3. The number of carbonyl (C=O) groups is 1. The van der Waals surface area contributed by atoms with Crippen LogP contribution in [0, 0.1) is 12.7 Å². The molecule has 0 saturated carbocycles. The van der Waals surface area contributed by atoms with Crippen molar-refractivity contribution in [1.29, 1.82) is 0 Å². The molecule has 2 nitrogen and oxygen atoms in total. The summed E-state index contributed by atoms with van der Waals surface area (Å²) in [7, 11) is 0. The number of ether oxygens (including phenoxy) is 1. The highest BCUT2D eigenvalue weighted by molar-refractivity contribution is 5.97. The van der Waals surface area contributed by atoms with Gasteiger partial charge >= 0.3 is 0 Å². The summed E-state index contributed by atoms with van der Waals surface area (Å²) in [4.78, 5) is 11.8. The van der Waals surface area contributed by atoms with Crippen molar-refractivity contribution in [3.63, 3.8) is 0 Å². The Morgan fingerprint density at radius 1 is 1.11 bits per heavy atom. The summed E-state index contributed by atoms with van der Waals surface area (Å²) in [6.07, 6.45) is 0. The van der Waals surface area contributed by atoms with Crippen LogP contribution >= 0.6 is 0 Å². The van der Waals surface area contributed by atoms with Gasteiger partial charge in [0.15, 0.2) is 24.0 Å². The fourth-order valence-electron chi connectivity index (χ4n) is 1.53. The molecule has 0 unspecified atom stereocenters. The van der Waals surface area contributed by atoms with Crippen molar-refractivity contribution in [2.24, 2.45) is 0 Å². The van der Waals surface area contributed by atoms with Crippen molar-refractivity contribution in [1.82, 2.24) is 0 Å². The number of ketones is 1. The molecule has 0 aliphatic carbocycles. The van der Waals surface area contributed by atoms with Crippen molar-refractivity contribution >= 4 is 5.78 Å². The van der Waals surface area contributed by atoms with E-state index in [0.29, 0.717) is 5.56 Å². The highest BCUT2D eigenvalue weighted by atomic mass is 19.1. The molecule has 0 bridgehead atoms. The Labute approximate surface area is 105 Å². The lowest BCUT2D eigenvalue weighted by atomic mass is 10.1. The number of aryl methyl sites for hydroxylation is 1. The Hall–Kier alpha value is -2.16. The van der Waals surface area contributed by atoms with Gasteiger partial charge in [0.25, 0.3) is 0 Å². The van der Waals surface area contributed by atoms with Crippen LogP contribution in [0.15, 0.2) is 48.5 Å². The third-order valence-corrected chi connectivity index (χ3v) is 2.57. The molecule has 0 radical (unpaired) electrons. The Bertz CT molecular complexity index is 547. The standard InChI is InChI=1S/C15H13FO2/c1-11-6-8-12(9-7-11)14(17)10-18-15-5-3-2-4-13(15)16/h2-9H,10H2,1H3. The molecule has 0 N–H and O–H groups in total. The van der Waals surface area contributed by atoms with Gasteiger partial charge < -0.3 is 4.74 Å². The minimum Gasteiger partial charge on any atom is -0.482 e. The van der Waals surface area contributed by atoms with Gasteiger partial charge in [-0.05, 0) is 19.1 Å². The SMILES string of the molecule is Cc1ccc(C(=O)COc2ccccc2F)cc1. The predicted octanol–water partition coefficient (Wildman–Crippen LogP) is 3.40. The normalized spacial score (nSPS) is 10.1. The van der Waals surface area contributed by atoms with Crippen LogP contribution in [0.25, 0.3) is 0 Å². The van der Waals surface area contributed by atoms with E-state index < -0.39 is 5.82 Å². The highest BCUT2D eigenvalue weighted by Crippen LogP contribution is 2.15. The van der Waals surface area contributed by atoms with E-state index in [-0.39, 0.29) is 18.1 Å². The maximum absolute atomic E-state index is 13.3. The monoisotopic (exact) mass is 244 g/mol. The fourth-order valence-corrected chi connectivity index (χ4v) is 1.53. The molecule has 0 atom stereocenters. The van der Waals surface area contributed by atoms with Gasteiger partial charge in [-0.3, -0.25) is 4.79 Å². The summed E-state index contributed by atoms with van der Waals surface area (Å²) in [6.45, 7) is 1.79. The summed E-state index contributed by atoms with van der Waals surface area (Å²) in [5, 5.41) is 0. The van der Waals surface area contributed by atoms with E-state index in [1.54, 1.807) is 24.3 Å². The van der Waals surface area contributed by atoms with Gasteiger partial charge in [-0.2, -0.15) is 0 Å². The van der Waals surface area contributed by atoms with Crippen LogP contribution in [0.3, 0.4) is 0 Å². The molecule has 0 aliphatic rings. The molecule has 3 heteroatoms. The van der Waals surface area contributed by atoms with Crippen LogP contribution in [0.2, 0.25) is 0 Å². The summed E-state index contributed by atoms with van der Waals surface area (Å²) in [6, 6.07) is 13.2. The Morgan fingerprint density at radius 2 is 1.78 bits per heavy atom. The molecule has 0 aliphatic heterocycles. The molecule has 0 heterocycles. The molecule has 2 aromatic rings. The lowest BCUT2D eigenvalue weighted by Gasteiger charge is -2.06. The second-order valence-electron chi connectivity index (χ2n) is 4.01. The molecular formula is C15H13FO2. The van der Waals surface area contributed by atoms with Crippen molar-refractivity contribution < 1.29 is 13.9 Å². The van der Waals surface area contributed by atoms with E-state index in [1.165, 1.54) is 12.1 Å². The second kappa shape index (κ2) is 5.45. The highest BCUT2D eigenvalue weighted by Gasteiger charge is 2.08. The van der Waals surface area contributed by atoms with Crippen molar-refractivity contribution in [3.8, 4) is 5.75 Å². The van der Waals surface area contributed by atoms with Gasteiger partial charge in [0, 0.05) is 5.56 Å². The summed E-state index contributed by atoms with van der Waals surface area (Å²) in [5.41, 5.74) is 1.65. The number of carbonyl (C=O) groups excluding carboxylic acids is 1. The Kier molecular flexibility index (Phi) is 3.72. The first-order valence-electron chi connectivity index (χ1n) is 5.64. The quantitative estimate of drug-likeness (QED) is 0.770. The van der Waals surface area contributed by atoms with E-state index in [2.05, 4.69) is 0 Å². The zero-order chi connectivity index (χ0) is 13.0. The van der Waals surface area contributed by atoms with E-state index in [4.69, 9.17) is 4.74 Å². The summed E-state index contributed by atoms with van der Waals surface area (Å²) >= 11 is 0. The van der Waals surface area contributed by atoms with Crippen LogP contribution in [-0.2, 0) is 0 Å². The minimum absolute atomic E-state index is 0.0953. The molecule has 2 aromatic carbocycles. The molecule has 0 fully saturated rings. The number of para-hydroxylation sites is 1. The summed E-state index contributed by atoms with van der Waals surface area (Å²) in [5.74, 6) is -0.537. The Morgan fingerprint density at radius 3 is 2.44 bits per heavy atom. The van der Waals surface area contributed by atoms with Crippen molar-refractivity contribution in [2.75, 3.05) is 6.61 Å². The van der Waals surface area contributed by atoms with Crippen molar-refractivity contribution in [2.45, 2.75) is 6.92 Å². The molecular weight excluding hydrogens is 231 g/mol. The van der Waals surface area contributed by atoms with Crippen LogP contribution in [0.1, 0.15) is 15.9 Å². The number of rotatable bonds is 4. The molecule has 92 valence electrons. The van der Waals surface area contributed by atoms with Crippen LogP contribution < -0.4 is 4.74 Å². The number of benzene rings is 2. The maximum Gasteiger partial charge on any atom is 0.200 e. The van der Waals surface area contributed by atoms with Gasteiger partial charge in [-0.15, -0.1) is 0 Å². The average molecular weight is 244 g/mol. The lowest BCUT2D eigenvalue weighted by molar-refractivity contribution is 0.0919. The van der Waals surface area contributed by atoms with Crippen LogP contribution in [-0.4, -0.2) is 12.4 Å². The lowest BCUT2D eigenvalue weighted by Crippen LogP contribution is -2.12. The fraction of sp³-hybridized carbons (Fsp3) is 0.133. The molecule has 0 spiro atoms.